The lowest BCUT2D eigenvalue weighted by Gasteiger charge is -2.04. The van der Waals surface area contributed by atoms with E-state index in [1.165, 1.54) is 18.2 Å². The predicted molar refractivity (Wildman–Crippen MR) is 59.4 cm³/mol. The molecule has 0 spiro atoms. The number of aromatic nitrogens is 1. The van der Waals surface area contributed by atoms with Gasteiger partial charge in [0, 0.05) is 11.8 Å². The van der Waals surface area contributed by atoms with Crippen molar-refractivity contribution in [1.29, 1.82) is 5.26 Å². The van der Waals surface area contributed by atoms with Crippen LogP contribution in [0.1, 0.15) is 5.56 Å². The van der Waals surface area contributed by atoms with Crippen molar-refractivity contribution in [2.45, 2.75) is 0 Å². The molecule has 2 rings (SSSR count). The molecule has 0 radical (unpaired) electrons. The summed E-state index contributed by atoms with van der Waals surface area (Å²) < 4.78 is 12.9. The summed E-state index contributed by atoms with van der Waals surface area (Å²) in [6.07, 6.45) is 1.57. The Morgan fingerprint density at radius 1 is 1.31 bits per heavy atom. The quantitative estimate of drug-likeness (QED) is 0.756. The van der Waals surface area contributed by atoms with Gasteiger partial charge in [-0.25, -0.2) is 4.39 Å². The van der Waals surface area contributed by atoms with Gasteiger partial charge < -0.3 is 0 Å². The topological polar surface area (TPSA) is 36.7 Å². The zero-order valence-electron chi connectivity index (χ0n) is 8.11. The summed E-state index contributed by atoms with van der Waals surface area (Å²) in [7, 11) is 0. The summed E-state index contributed by atoms with van der Waals surface area (Å²) in [6.45, 7) is 0. The highest BCUT2D eigenvalue weighted by Gasteiger charge is 2.10. The third kappa shape index (κ3) is 1.88. The fraction of sp³-hybridized carbons (Fsp3) is 0. The second kappa shape index (κ2) is 4.30. The van der Waals surface area contributed by atoms with E-state index in [2.05, 4.69) is 4.98 Å². The summed E-state index contributed by atoms with van der Waals surface area (Å²) in [5.41, 5.74) is 1.44. The number of hydrogen-bond donors (Lipinski definition) is 0. The van der Waals surface area contributed by atoms with Gasteiger partial charge in [0.2, 0.25) is 0 Å². The molecule has 2 nitrogen and oxygen atoms in total. The van der Waals surface area contributed by atoms with E-state index in [0.29, 0.717) is 16.8 Å². The highest BCUT2D eigenvalue weighted by atomic mass is 35.5. The molecule has 0 aliphatic carbocycles. The molecule has 1 heterocycles. The van der Waals surface area contributed by atoms with Crippen molar-refractivity contribution in [2.24, 2.45) is 0 Å². The van der Waals surface area contributed by atoms with Crippen LogP contribution in [0.15, 0.2) is 36.5 Å². The van der Waals surface area contributed by atoms with Crippen molar-refractivity contribution in [3.05, 3.63) is 52.9 Å². The first-order chi connectivity index (χ1) is 7.72. The average Bonchev–Trinajstić information content (AvgIpc) is 2.29. The molecule has 78 valence electrons. The Labute approximate surface area is 96.9 Å². The molecule has 0 aliphatic heterocycles. The third-order valence-electron chi connectivity index (χ3n) is 2.11. The van der Waals surface area contributed by atoms with Crippen LogP contribution in [-0.4, -0.2) is 4.98 Å². The molecule has 0 bridgehead atoms. The molecule has 0 N–H and O–H groups in total. The normalized spacial score (nSPS) is 9.81. The van der Waals surface area contributed by atoms with Crippen LogP contribution in [0.3, 0.4) is 0 Å². The molecular weight excluding hydrogens is 227 g/mol. The number of pyridine rings is 1. The van der Waals surface area contributed by atoms with Crippen molar-refractivity contribution in [3.63, 3.8) is 0 Å². The molecule has 0 atom stereocenters. The van der Waals surface area contributed by atoms with Crippen LogP contribution in [0.4, 0.5) is 4.39 Å². The summed E-state index contributed by atoms with van der Waals surface area (Å²) >= 11 is 5.90. The van der Waals surface area contributed by atoms with E-state index in [4.69, 9.17) is 16.9 Å². The fourth-order valence-corrected chi connectivity index (χ4v) is 1.65. The van der Waals surface area contributed by atoms with Gasteiger partial charge in [0.25, 0.3) is 0 Å². The van der Waals surface area contributed by atoms with Crippen LogP contribution < -0.4 is 0 Å². The Bertz CT molecular complexity index is 575. The van der Waals surface area contributed by atoms with Gasteiger partial charge in [0.05, 0.1) is 16.3 Å². The molecule has 0 saturated carbocycles. The SMILES string of the molecule is N#Cc1cccnc1-c1ccc(F)cc1Cl. The number of benzene rings is 1. The van der Waals surface area contributed by atoms with E-state index in [9.17, 15) is 4.39 Å². The van der Waals surface area contributed by atoms with Crippen LogP contribution in [0.5, 0.6) is 0 Å². The molecular formula is C12H6ClFN2. The van der Waals surface area contributed by atoms with Crippen LogP contribution >= 0.6 is 11.6 Å². The van der Waals surface area contributed by atoms with Crippen molar-refractivity contribution in [3.8, 4) is 17.3 Å². The molecule has 0 amide bonds. The van der Waals surface area contributed by atoms with Crippen molar-refractivity contribution in [2.75, 3.05) is 0 Å². The number of nitriles is 1. The fourth-order valence-electron chi connectivity index (χ4n) is 1.39. The Kier molecular flexibility index (Phi) is 2.84. The second-order valence-electron chi connectivity index (χ2n) is 3.14. The molecule has 0 fully saturated rings. The lowest BCUT2D eigenvalue weighted by Crippen LogP contribution is -1.89. The van der Waals surface area contributed by atoms with Crippen LogP contribution in [-0.2, 0) is 0 Å². The number of rotatable bonds is 1. The Morgan fingerprint density at radius 3 is 2.81 bits per heavy atom. The van der Waals surface area contributed by atoms with Crippen molar-refractivity contribution < 1.29 is 4.39 Å². The van der Waals surface area contributed by atoms with Gasteiger partial charge in [-0.05, 0) is 30.3 Å². The van der Waals surface area contributed by atoms with Crippen LogP contribution in [0.2, 0.25) is 5.02 Å². The summed E-state index contributed by atoms with van der Waals surface area (Å²) in [6, 6.07) is 9.33. The summed E-state index contributed by atoms with van der Waals surface area (Å²) in [4.78, 5) is 4.08. The van der Waals surface area contributed by atoms with Crippen molar-refractivity contribution in [1.82, 2.24) is 4.98 Å². The van der Waals surface area contributed by atoms with Gasteiger partial charge >= 0.3 is 0 Å². The van der Waals surface area contributed by atoms with Crippen LogP contribution in [0.25, 0.3) is 11.3 Å². The minimum atomic E-state index is -0.414. The largest absolute Gasteiger partial charge is 0.255 e. The Hall–Kier alpha value is -1.92. The molecule has 16 heavy (non-hydrogen) atoms. The standard InChI is InChI=1S/C12H6ClFN2/c13-11-6-9(14)3-4-10(11)12-8(7-15)2-1-5-16-12/h1-6H. The van der Waals surface area contributed by atoms with Gasteiger partial charge in [-0.2, -0.15) is 5.26 Å². The third-order valence-corrected chi connectivity index (χ3v) is 2.43. The van der Waals surface area contributed by atoms with Crippen molar-refractivity contribution >= 4 is 11.6 Å². The molecule has 0 aliphatic rings. The maximum absolute atomic E-state index is 12.9. The maximum Gasteiger partial charge on any atom is 0.124 e. The van der Waals surface area contributed by atoms with E-state index in [1.807, 2.05) is 6.07 Å². The minimum absolute atomic E-state index is 0.246. The molecule has 1 aromatic heterocycles. The lowest BCUT2D eigenvalue weighted by molar-refractivity contribution is 0.628. The molecule has 0 saturated heterocycles. The summed E-state index contributed by atoms with van der Waals surface area (Å²) in [5, 5.41) is 9.16. The van der Waals surface area contributed by atoms with E-state index in [-0.39, 0.29) is 5.02 Å². The van der Waals surface area contributed by atoms with Gasteiger partial charge in [0.1, 0.15) is 11.9 Å². The number of halogens is 2. The molecule has 4 heteroatoms. The highest BCUT2D eigenvalue weighted by molar-refractivity contribution is 6.33. The Morgan fingerprint density at radius 2 is 2.12 bits per heavy atom. The first-order valence-electron chi connectivity index (χ1n) is 4.53. The summed E-state index contributed by atoms with van der Waals surface area (Å²) in [5.74, 6) is -0.414. The molecule has 2 aromatic rings. The van der Waals surface area contributed by atoms with E-state index >= 15 is 0 Å². The van der Waals surface area contributed by atoms with Gasteiger partial charge in [-0.1, -0.05) is 11.6 Å². The minimum Gasteiger partial charge on any atom is -0.255 e. The zero-order valence-corrected chi connectivity index (χ0v) is 8.87. The highest BCUT2D eigenvalue weighted by Crippen LogP contribution is 2.28. The van der Waals surface area contributed by atoms with E-state index < -0.39 is 5.82 Å². The van der Waals surface area contributed by atoms with Gasteiger partial charge in [-0.15, -0.1) is 0 Å². The van der Waals surface area contributed by atoms with Gasteiger partial charge in [-0.3, -0.25) is 4.98 Å². The first kappa shape index (κ1) is 10.6. The lowest BCUT2D eigenvalue weighted by atomic mass is 10.1. The van der Waals surface area contributed by atoms with E-state index in [1.54, 1.807) is 18.3 Å². The van der Waals surface area contributed by atoms with Crippen LogP contribution in [0, 0.1) is 17.1 Å². The van der Waals surface area contributed by atoms with E-state index in [0.717, 1.165) is 0 Å². The second-order valence-corrected chi connectivity index (χ2v) is 3.54. The van der Waals surface area contributed by atoms with Gasteiger partial charge in [0.15, 0.2) is 0 Å². The first-order valence-corrected chi connectivity index (χ1v) is 4.90. The Balaban J connectivity index is 2.64. The average molecular weight is 233 g/mol. The smallest absolute Gasteiger partial charge is 0.124 e. The predicted octanol–water partition coefficient (Wildman–Crippen LogP) is 3.41. The number of nitrogens with zero attached hydrogens (tertiary/aromatic N) is 2. The zero-order chi connectivity index (χ0) is 11.5. The molecule has 1 aromatic carbocycles. The number of hydrogen-bond acceptors (Lipinski definition) is 2. The molecule has 0 unspecified atom stereocenters. The monoisotopic (exact) mass is 232 g/mol. The maximum atomic E-state index is 12.9.